The predicted molar refractivity (Wildman–Crippen MR) is 94.4 cm³/mol. The third-order valence-corrected chi connectivity index (χ3v) is 4.69. The second-order valence-corrected chi connectivity index (χ2v) is 6.79. The summed E-state index contributed by atoms with van der Waals surface area (Å²) in [6.45, 7) is 5.88. The highest BCUT2D eigenvalue weighted by Gasteiger charge is 2.08. The molecule has 1 heterocycles. The molecule has 0 aliphatic carbocycles. The van der Waals surface area contributed by atoms with Crippen molar-refractivity contribution in [2.75, 3.05) is 19.6 Å². The van der Waals surface area contributed by atoms with Gasteiger partial charge in [-0.1, -0.05) is 84.0 Å². The first-order valence-electron chi connectivity index (χ1n) is 9.78. The summed E-state index contributed by atoms with van der Waals surface area (Å²) in [7, 11) is 0. The Labute approximate surface area is 145 Å². The molecule has 0 fully saturated rings. The number of nitrogens with one attached hydrogen (secondary N) is 1. The number of quaternary nitrogens is 1. The third kappa shape index (κ3) is 13.6. The summed E-state index contributed by atoms with van der Waals surface area (Å²) in [5.41, 5.74) is 0. The van der Waals surface area contributed by atoms with Crippen LogP contribution in [0.5, 0.6) is 0 Å². The summed E-state index contributed by atoms with van der Waals surface area (Å²) in [6, 6.07) is 0. The van der Waals surface area contributed by atoms with E-state index in [-0.39, 0.29) is 12.4 Å². The molecule has 0 aromatic heterocycles. The molecule has 0 aromatic rings. The van der Waals surface area contributed by atoms with Crippen molar-refractivity contribution >= 4 is 6.34 Å². The first kappa shape index (κ1) is 21.9. The van der Waals surface area contributed by atoms with Crippen LogP contribution < -0.4 is 17.3 Å². The lowest BCUT2D eigenvalue weighted by Crippen LogP contribution is -3.09. The quantitative estimate of drug-likeness (QED) is 0.437. The van der Waals surface area contributed by atoms with Crippen molar-refractivity contribution in [3.05, 3.63) is 0 Å². The zero-order valence-corrected chi connectivity index (χ0v) is 15.7. The van der Waals surface area contributed by atoms with Crippen LogP contribution in [-0.4, -0.2) is 26.0 Å². The summed E-state index contributed by atoms with van der Waals surface area (Å²) >= 11 is 0. The van der Waals surface area contributed by atoms with Gasteiger partial charge in [0.25, 0.3) is 0 Å². The molecule has 1 N–H and O–H groups in total. The zero-order chi connectivity index (χ0) is 15.0. The van der Waals surface area contributed by atoms with E-state index in [0.29, 0.717) is 0 Å². The molecule has 0 aromatic carbocycles. The summed E-state index contributed by atoms with van der Waals surface area (Å²) in [5, 5.41) is 0. The van der Waals surface area contributed by atoms with Crippen LogP contribution in [0.25, 0.3) is 0 Å². The second kappa shape index (κ2) is 17.3. The number of unbranched alkanes of at least 4 members (excludes halogenated alkanes) is 13. The topological polar surface area (TPSA) is 16.8 Å². The molecule has 22 heavy (non-hydrogen) atoms. The Bertz CT molecular complexity index is 244. The van der Waals surface area contributed by atoms with Crippen molar-refractivity contribution in [3.63, 3.8) is 0 Å². The summed E-state index contributed by atoms with van der Waals surface area (Å²) in [6.07, 6.45) is 22.4. The van der Waals surface area contributed by atoms with Crippen LogP contribution in [0.4, 0.5) is 0 Å². The molecule has 1 atom stereocenters. The van der Waals surface area contributed by atoms with Crippen molar-refractivity contribution in [2.45, 2.75) is 96.8 Å². The molecule has 0 amide bonds. The Kier molecular flexibility index (Phi) is 17.2. The smallest absolute Gasteiger partial charge is 0.183 e. The highest BCUT2D eigenvalue weighted by Crippen LogP contribution is 2.12. The van der Waals surface area contributed by atoms with Gasteiger partial charge in [-0.15, -0.1) is 0 Å². The number of aliphatic imine (C=N–C) groups is 1. The minimum atomic E-state index is 0. The summed E-state index contributed by atoms with van der Waals surface area (Å²) < 4.78 is 0. The van der Waals surface area contributed by atoms with Crippen LogP contribution in [0.15, 0.2) is 4.99 Å². The second-order valence-electron chi connectivity index (χ2n) is 6.79. The predicted octanol–water partition coefficient (Wildman–Crippen LogP) is 1.40. The van der Waals surface area contributed by atoms with E-state index in [4.69, 9.17) is 0 Å². The number of halogens is 1. The van der Waals surface area contributed by atoms with E-state index in [1.807, 2.05) is 0 Å². The normalized spacial score (nSPS) is 16.9. The molecule has 1 unspecified atom stereocenters. The lowest BCUT2D eigenvalue weighted by molar-refractivity contribution is -0.791. The Morgan fingerprint density at radius 1 is 0.727 bits per heavy atom. The van der Waals surface area contributed by atoms with Gasteiger partial charge in [-0.25, -0.2) is 4.99 Å². The van der Waals surface area contributed by atoms with Crippen LogP contribution in [-0.2, 0) is 0 Å². The van der Waals surface area contributed by atoms with Gasteiger partial charge in [-0.2, -0.15) is 0 Å². The Balaban J connectivity index is 0.00000441. The number of hydrogen-bond acceptors (Lipinski definition) is 1. The van der Waals surface area contributed by atoms with E-state index in [1.165, 1.54) is 103 Å². The van der Waals surface area contributed by atoms with Crippen LogP contribution in [0.3, 0.4) is 0 Å². The van der Waals surface area contributed by atoms with Crippen LogP contribution in [0, 0.1) is 0 Å². The van der Waals surface area contributed by atoms with Crippen LogP contribution >= 0.6 is 0 Å². The van der Waals surface area contributed by atoms with Crippen molar-refractivity contribution in [1.82, 2.24) is 0 Å². The largest absolute Gasteiger partial charge is 1.00 e. The van der Waals surface area contributed by atoms with Gasteiger partial charge in [0, 0.05) is 0 Å². The zero-order valence-electron chi connectivity index (χ0n) is 14.9. The molecule has 2 nitrogen and oxygen atoms in total. The van der Waals surface area contributed by atoms with E-state index in [0.717, 1.165) is 6.54 Å². The van der Waals surface area contributed by atoms with Crippen molar-refractivity contribution in [3.8, 4) is 0 Å². The van der Waals surface area contributed by atoms with E-state index in [2.05, 4.69) is 18.3 Å². The minimum Gasteiger partial charge on any atom is -1.00 e. The third-order valence-electron chi connectivity index (χ3n) is 4.69. The monoisotopic (exact) mass is 330 g/mol. The molecule has 0 spiro atoms. The van der Waals surface area contributed by atoms with Gasteiger partial charge in [0.05, 0.1) is 13.1 Å². The molecule has 3 heteroatoms. The van der Waals surface area contributed by atoms with E-state index in [1.54, 1.807) is 4.90 Å². The fourth-order valence-corrected chi connectivity index (χ4v) is 3.20. The maximum Gasteiger partial charge on any atom is 0.183 e. The van der Waals surface area contributed by atoms with Gasteiger partial charge in [0.15, 0.2) is 6.34 Å². The SMILES string of the molecule is CCCCCCCCCCCCCCCC[NH+]1C=NCC1.[Cl-]. The molecular formula is C19H39ClN2. The average molecular weight is 331 g/mol. The molecule has 132 valence electrons. The van der Waals surface area contributed by atoms with Crippen molar-refractivity contribution in [2.24, 2.45) is 4.99 Å². The molecule has 1 aliphatic heterocycles. The average Bonchev–Trinajstić information content (AvgIpc) is 3.01. The lowest BCUT2D eigenvalue weighted by Gasteiger charge is -2.07. The Morgan fingerprint density at radius 3 is 1.59 bits per heavy atom. The first-order valence-corrected chi connectivity index (χ1v) is 9.78. The Morgan fingerprint density at radius 2 is 1.18 bits per heavy atom. The number of rotatable bonds is 15. The number of hydrogen-bond donors (Lipinski definition) is 1. The van der Waals surface area contributed by atoms with Gasteiger partial charge in [0.1, 0.15) is 6.54 Å². The van der Waals surface area contributed by atoms with Crippen molar-refractivity contribution < 1.29 is 17.3 Å². The molecular weight excluding hydrogens is 292 g/mol. The highest BCUT2D eigenvalue weighted by molar-refractivity contribution is 5.44. The molecule has 0 bridgehead atoms. The highest BCUT2D eigenvalue weighted by atomic mass is 35.5. The van der Waals surface area contributed by atoms with Crippen LogP contribution in [0.1, 0.15) is 96.8 Å². The maximum atomic E-state index is 4.29. The molecule has 0 radical (unpaired) electrons. The maximum absolute atomic E-state index is 4.29. The molecule has 1 aliphatic rings. The van der Waals surface area contributed by atoms with Gasteiger partial charge in [-0.05, 0) is 12.8 Å². The van der Waals surface area contributed by atoms with Gasteiger partial charge in [0.2, 0.25) is 0 Å². The molecule has 0 saturated heterocycles. The fourth-order valence-electron chi connectivity index (χ4n) is 3.20. The Hall–Kier alpha value is -0.0800. The lowest BCUT2D eigenvalue weighted by atomic mass is 10.0. The van der Waals surface area contributed by atoms with Crippen LogP contribution in [0.2, 0.25) is 0 Å². The van der Waals surface area contributed by atoms with Gasteiger partial charge in [-0.3, -0.25) is 4.90 Å². The molecule has 1 rings (SSSR count). The van der Waals surface area contributed by atoms with Gasteiger partial charge < -0.3 is 12.4 Å². The molecule has 0 saturated carbocycles. The summed E-state index contributed by atoms with van der Waals surface area (Å²) in [5.74, 6) is 0. The number of nitrogens with zero attached hydrogens (tertiary/aromatic N) is 1. The summed E-state index contributed by atoms with van der Waals surface area (Å²) in [4.78, 5) is 5.88. The van der Waals surface area contributed by atoms with Gasteiger partial charge >= 0.3 is 0 Å². The minimum absolute atomic E-state index is 0. The van der Waals surface area contributed by atoms with Crippen molar-refractivity contribution in [1.29, 1.82) is 0 Å². The van der Waals surface area contributed by atoms with E-state index >= 15 is 0 Å². The van der Waals surface area contributed by atoms with E-state index < -0.39 is 0 Å². The van der Waals surface area contributed by atoms with E-state index in [9.17, 15) is 0 Å². The fraction of sp³-hybridized carbons (Fsp3) is 0.947. The first-order chi connectivity index (χ1) is 10.4. The standard InChI is InChI=1S/C19H38N2.ClH/c1-2-3-4-5-6-7-8-9-10-11-12-13-14-15-17-21-18-16-20-19-21;/h19H,2-18H2,1H3;1H.